The minimum atomic E-state index is -1.19. The lowest BCUT2D eigenvalue weighted by molar-refractivity contribution is -0.255. The highest BCUT2D eigenvalue weighted by Crippen LogP contribution is 2.41. The number of rotatable bonds is 9. The van der Waals surface area contributed by atoms with E-state index in [2.05, 4.69) is 10.3 Å². The summed E-state index contributed by atoms with van der Waals surface area (Å²) in [4.78, 5) is 39.1. The summed E-state index contributed by atoms with van der Waals surface area (Å²) < 4.78 is 15.8. The van der Waals surface area contributed by atoms with Crippen LogP contribution < -0.4 is 16.2 Å². The summed E-state index contributed by atoms with van der Waals surface area (Å²) in [5.74, 6) is -3.06. The van der Waals surface area contributed by atoms with Crippen LogP contribution in [0.2, 0.25) is 5.02 Å². The summed E-state index contributed by atoms with van der Waals surface area (Å²) >= 11 is 6.42. The molecular weight excluding hydrogens is 502 g/mol. The van der Waals surface area contributed by atoms with Gasteiger partial charge in [-0.3, -0.25) is 4.98 Å². The number of aromatic nitrogens is 1. The van der Waals surface area contributed by atoms with Crippen LogP contribution in [0.4, 0.5) is 0 Å². The second kappa shape index (κ2) is 14.7. The van der Waals surface area contributed by atoms with Crippen molar-refractivity contribution in [3.63, 3.8) is 0 Å². The molecule has 1 aliphatic heterocycles. The topological polar surface area (TPSA) is 153 Å². The molecule has 1 aromatic carbocycles. The van der Waals surface area contributed by atoms with Crippen LogP contribution in [0.5, 0.6) is 0 Å². The van der Waals surface area contributed by atoms with Crippen molar-refractivity contribution in [3.8, 4) is 0 Å². The van der Waals surface area contributed by atoms with Crippen molar-refractivity contribution >= 4 is 29.5 Å². The summed E-state index contributed by atoms with van der Waals surface area (Å²) in [7, 11) is 1.29. The van der Waals surface area contributed by atoms with E-state index in [0.29, 0.717) is 40.7 Å². The molecule has 2 aromatic rings. The van der Waals surface area contributed by atoms with Crippen LogP contribution in [0.25, 0.3) is 0 Å². The Labute approximate surface area is 220 Å². The van der Waals surface area contributed by atoms with E-state index in [0.717, 1.165) is 0 Å². The molecule has 37 heavy (non-hydrogen) atoms. The lowest BCUT2D eigenvalue weighted by Crippen LogP contribution is -2.35. The predicted molar refractivity (Wildman–Crippen MR) is 134 cm³/mol. The number of benzene rings is 1. The summed E-state index contributed by atoms with van der Waals surface area (Å²) in [5.41, 5.74) is 7.81. The number of dihydropyridines is 1. The third kappa shape index (κ3) is 7.88. The van der Waals surface area contributed by atoms with Gasteiger partial charge in [-0.2, -0.15) is 0 Å². The molecule has 0 fully saturated rings. The van der Waals surface area contributed by atoms with Crippen molar-refractivity contribution in [1.82, 2.24) is 10.3 Å². The van der Waals surface area contributed by atoms with Gasteiger partial charge in [0.2, 0.25) is 0 Å². The van der Waals surface area contributed by atoms with Crippen molar-refractivity contribution in [1.29, 1.82) is 0 Å². The Kier molecular flexibility index (Phi) is 11.8. The fourth-order valence-corrected chi connectivity index (χ4v) is 3.85. The Morgan fingerprint density at radius 1 is 1.14 bits per heavy atom. The van der Waals surface area contributed by atoms with E-state index in [1.54, 1.807) is 44.2 Å². The van der Waals surface area contributed by atoms with Gasteiger partial charge in [0.25, 0.3) is 0 Å². The van der Waals surface area contributed by atoms with Gasteiger partial charge < -0.3 is 35.2 Å². The molecule has 2 heterocycles. The van der Waals surface area contributed by atoms with E-state index in [1.165, 1.54) is 25.6 Å². The molecule has 0 saturated heterocycles. The van der Waals surface area contributed by atoms with Gasteiger partial charge in [-0.05, 0) is 31.5 Å². The zero-order valence-corrected chi connectivity index (χ0v) is 21.5. The number of carboxylic acids is 1. The number of carbonyl (C=O) groups is 3. The summed E-state index contributed by atoms with van der Waals surface area (Å²) in [6, 6.07) is 10.0. The monoisotopic (exact) mass is 530 g/mol. The average Bonchev–Trinajstić information content (AvgIpc) is 2.89. The molecule has 1 atom stereocenters. The van der Waals surface area contributed by atoms with E-state index in [9.17, 15) is 19.5 Å². The minimum Gasteiger partial charge on any atom is -0.545 e. The van der Waals surface area contributed by atoms with Crippen LogP contribution in [0.1, 0.15) is 35.7 Å². The highest BCUT2D eigenvalue weighted by molar-refractivity contribution is 6.31. The predicted octanol–water partition coefficient (Wildman–Crippen LogP) is 1.71. The lowest BCUT2D eigenvalue weighted by atomic mass is 9.80. The number of ether oxygens (including phenoxy) is 3. The third-order valence-electron chi connectivity index (χ3n) is 5.17. The molecule has 1 aromatic heterocycles. The molecule has 0 spiro atoms. The highest BCUT2D eigenvalue weighted by Gasteiger charge is 2.39. The second-order valence-corrected chi connectivity index (χ2v) is 8.00. The number of carbonyl (C=O) groups excluding carboxylic acids is 3. The number of allylic oxidation sites excluding steroid dienone is 1. The van der Waals surface area contributed by atoms with E-state index >= 15 is 0 Å². The maximum Gasteiger partial charge on any atom is 0.336 e. The fourth-order valence-electron chi connectivity index (χ4n) is 3.60. The Morgan fingerprint density at radius 2 is 1.86 bits per heavy atom. The summed E-state index contributed by atoms with van der Waals surface area (Å²) in [5, 5.41) is 13.6. The molecule has 0 aliphatic carbocycles. The lowest BCUT2D eigenvalue weighted by Gasteiger charge is -2.31. The standard InChI is InChI=1S/C20H25ClN2O5.C6H5NO2/c1-4-28-20(25)18-15(11-27-10-9-22)23-12(2)16(19(24)26-3)17(18)13-7-5-6-8-14(13)21;8-6(9)5-2-1-3-7-4-5/h5-8,17,23H,4,9-11,22H2,1-3H3;1-4H,(H,8,9)/p-1. The van der Waals surface area contributed by atoms with Gasteiger partial charge in [0.15, 0.2) is 0 Å². The molecule has 0 radical (unpaired) electrons. The molecule has 3 N–H and O–H groups in total. The van der Waals surface area contributed by atoms with E-state index < -0.39 is 23.8 Å². The maximum atomic E-state index is 12.9. The van der Waals surface area contributed by atoms with E-state index in [1.807, 2.05) is 0 Å². The molecule has 1 aliphatic rings. The van der Waals surface area contributed by atoms with Crippen LogP contribution in [-0.4, -0.2) is 56.4 Å². The zero-order valence-electron chi connectivity index (χ0n) is 20.8. The van der Waals surface area contributed by atoms with Crippen LogP contribution in [0, 0.1) is 0 Å². The van der Waals surface area contributed by atoms with Gasteiger partial charge in [-0.15, -0.1) is 0 Å². The first kappa shape index (κ1) is 29.5. The van der Waals surface area contributed by atoms with E-state index in [4.69, 9.17) is 31.5 Å². The molecule has 11 heteroatoms. The first-order chi connectivity index (χ1) is 17.8. The second-order valence-electron chi connectivity index (χ2n) is 7.59. The zero-order chi connectivity index (χ0) is 27.4. The molecule has 198 valence electrons. The normalized spacial score (nSPS) is 14.8. The Morgan fingerprint density at radius 3 is 2.41 bits per heavy atom. The first-order valence-electron chi connectivity index (χ1n) is 11.4. The SMILES string of the molecule is CCOC(=O)C1=C(COCCN)NC(C)=C(C(=O)OC)C1c1ccccc1Cl.O=C([O-])c1cccnc1. The summed E-state index contributed by atoms with van der Waals surface area (Å²) in [6.07, 6.45) is 2.75. The van der Waals surface area contributed by atoms with E-state index in [-0.39, 0.29) is 24.4 Å². The number of nitrogens with two attached hydrogens (primary N) is 1. The smallest absolute Gasteiger partial charge is 0.336 e. The van der Waals surface area contributed by atoms with Gasteiger partial charge in [-0.25, -0.2) is 9.59 Å². The van der Waals surface area contributed by atoms with Crippen LogP contribution in [-0.2, 0) is 23.8 Å². The number of hydrogen-bond acceptors (Lipinski definition) is 10. The molecule has 1 unspecified atom stereocenters. The summed E-state index contributed by atoms with van der Waals surface area (Å²) in [6.45, 7) is 4.42. The molecule has 0 saturated carbocycles. The molecular formula is C26H29ClN3O7-. The molecule has 3 rings (SSSR count). The fraction of sp³-hybridized carbons (Fsp3) is 0.308. The van der Waals surface area contributed by atoms with Crippen LogP contribution >= 0.6 is 11.6 Å². The number of halogens is 1. The van der Waals surface area contributed by atoms with Gasteiger partial charge in [0, 0.05) is 35.2 Å². The van der Waals surface area contributed by atoms with Gasteiger partial charge in [-0.1, -0.05) is 35.9 Å². The quantitative estimate of drug-likeness (QED) is 0.362. The number of pyridine rings is 1. The highest BCUT2D eigenvalue weighted by atomic mass is 35.5. The number of hydrogen-bond donors (Lipinski definition) is 2. The third-order valence-corrected chi connectivity index (χ3v) is 5.51. The minimum absolute atomic E-state index is 0.109. The maximum absolute atomic E-state index is 12.9. The van der Waals surface area contributed by atoms with Crippen molar-refractivity contribution in [2.24, 2.45) is 5.73 Å². The first-order valence-corrected chi connectivity index (χ1v) is 11.7. The number of carboxylic acid groups (broad SMARTS) is 1. The average molecular weight is 531 g/mol. The Bertz CT molecular complexity index is 1170. The Hall–Kier alpha value is -3.73. The number of esters is 2. The molecule has 0 amide bonds. The number of aromatic carboxylic acids is 1. The van der Waals surface area contributed by atoms with Crippen molar-refractivity contribution in [3.05, 3.63) is 87.5 Å². The van der Waals surface area contributed by atoms with Gasteiger partial charge >= 0.3 is 11.9 Å². The number of methoxy groups -OCH3 is 1. The molecule has 10 nitrogen and oxygen atoms in total. The largest absolute Gasteiger partial charge is 0.545 e. The number of nitrogens with zero attached hydrogens (tertiary/aromatic N) is 1. The van der Waals surface area contributed by atoms with Crippen molar-refractivity contribution in [2.45, 2.75) is 19.8 Å². The van der Waals surface area contributed by atoms with Crippen LogP contribution in [0.3, 0.4) is 0 Å². The van der Waals surface area contributed by atoms with Crippen molar-refractivity contribution in [2.75, 3.05) is 33.5 Å². The van der Waals surface area contributed by atoms with Crippen LogP contribution in [0.15, 0.2) is 71.3 Å². The Balaban J connectivity index is 0.000000449. The van der Waals surface area contributed by atoms with Crippen molar-refractivity contribution < 1.29 is 33.7 Å². The number of nitrogens with one attached hydrogen (secondary N) is 1. The van der Waals surface area contributed by atoms with Gasteiger partial charge in [0.05, 0.1) is 55.7 Å². The molecule has 0 bridgehead atoms. The van der Waals surface area contributed by atoms with Gasteiger partial charge in [0.1, 0.15) is 0 Å².